The first-order valence-electron chi connectivity index (χ1n) is 5.94. The number of carbonyl (C=O) groups is 1. The van der Waals surface area contributed by atoms with Crippen LogP contribution in [0.3, 0.4) is 0 Å². The van der Waals surface area contributed by atoms with E-state index in [-0.39, 0.29) is 23.1 Å². The highest BCUT2D eigenvalue weighted by molar-refractivity contribution is 6.29. The maximum atomic E-state index is 11.1. The summed E-state index contributed by atoms with van der Waals surface area (Å²) < 4.78 is 0. The molecule has 0 spiro atoms. The summed E-state index contributed by atoms with van der Waals surface area (Å²) in [7, 11) is 0. The number of benzene rings is 1. The zero-order valence-electron chi connectivity index (χ0n) is 10.5. The van der Waals surface area contributed by atoms with Crippen LogP contribution in [0.1, 0.15) is 22.0 Å². The van der Waals surface area contributed by atoms with Gasteiger partial charge in [-0.05, 0) is 17.7 Å². The second-order valence-corrected chi connectivity index (χ2v) is 4.53. The topological polar surface area (TPSA) is 82.5 Å². The molecule has 0 amide bonds. The number of aliphatic hydroxyl groups is 1. The Balaban J connectivity index is 2.11. The number of aromatic nitrogens is 1. The van der Waals surface area contributed by atoms with Gasteiger partial charge in [-0.2, -0.15) is 0 Å². The maximum absolute atomic E-state index is 11.1. The van der Waals surface area contributed by atoms with Crippen molar-refractivity contribution in [3.8, 4) is 0 Å². The monoisotopic (exact) mass is 292 g/mol. The fourth-order valence-corrected chi connectivity index (χ4v) is 1.88. The third-order valence-electron chi connectivity index (χ3n) is 2.74. The number of nitrogens with zero attached hydrogens (tertiary/aromatic N) is 1. The summed E-state index contributed by atoms with van der Waals surface area (Å²) in [6, 6.07) is 11.8. The van der Waals surface area contributed by atoms with E-state index < -0.39 is 12.1 Å². The molecule has 1 aromatic heterocycles. The predicted molar refractivity (Wildman–Crippen MR) is 76.1 cm³/mol. The van der Waals surface area contributed by atoms with Crippen LogP contribution >= 0.6 is 11.6 Å². The van der Waals surface area contributed by atoms with Gasteiger partial charge in [-0.15, -0.1) is 0 Å². The molecule has 5 nitrogen and oxygen atoms in total. The summed E-state index contributed by atoms with van der Waals surface area (Å²) in [4.78, 5) is 15.0. The Morgan fingerprint density at radius 1 is 1.25 bits per heavy atom. The minimum absolute atomic E-state index is 0.00895. The zero-order chi connectivity index (χ0) is 14.5. The van der Waals surface area contributed by atoms with E-state index in [1.165, 1.54) is 12.1 Å². The van der Waals surface area contributed by atoms with Gasteiger partial charge in [-0.25, -0.2) is 9.78 Å². The lowest BCUT2D eigenvalue weighted by molar-refractivity contribution is 0.0697. The average molecular weight is 293 g/mol. The average Bonchev–Trinajstić information content (AvgIpc) is 2.45. The molecule has 0 aliphatic rings. The standard InChI is InChI=1S/C14H13ClN2O3/c15-12-7-6-10(14(19)20)13(17-12)16-8-11(18)9-4-2-1-3-5-9/h1-7,11,18H,8H2,(H,16,17)(H,19,20). The highest BCUT2D eigenvalue weighted by Gasteiger charge is 2.14. The summed E-state index contributed by atoms with van der Waals surface area (Å²) in [5, 5.41) is 22.1. The van der Waals surface area contributed by atoms with Crippen LogP contribution in [0.2, 0.25) is 5.15 Å². The normalized spacial score (nSPS) is 11.9. The molecule has 1 aromatic carbocycles. The van der Waals surface area contributed by atoms with E-state index in [1.54, 1.807) is 12.1 Å². The van der Waals surface area contributed by atoms with Crippen molar-refractivity contribution < 1.29 is 15.0 Å². The van der Waals surface area contributed by atoms with Crippen LogP contribution in [0.25, 0.3) is 0 Å². The van der Waals surface area contributed by atoms with Gasteiger partial charge in [-0.1, -0.05) is 41.9 Å². The first-order valence-corrected chi connectivity index (χ1v) is 6.32. The summed E-state index contributed by atoms with van der Waals surface area (Å²) >= 11 is 5.75. The van der Waals surface area contributed by atoms with Crippen LogP contribution in [-0.2, 0) is 0 Å². The Kier molecular flexibility index (Phi) is 4.55. The van der Waals surface area contributed by atoms with Crippen LogP contribution in [0.4, 0.5) is 5.82 Å². The third kappa shape index (κ3) is 3.46. The number of halogens is 1. The molecule has 1 atom stereocenters. The van der Waals surface area contributed by atoms with Crippen molar-refractivity contribution in [1.82, 2.24) is 4.98 Å². The van der Waals surface area contributed by atoms with E-state index in [1.807, 2.05) is 18.2 Å². The van der Waals surface area contributed by atoms with Gasteiger partial charge in [0.2, 0.25) is 0 Å². The van der Waals surface area contributed by atoms with Crippen LogP contribution in [0, 0.1) is 0 Å². The van der Waals surface area contributed by atoms with Gasteiger partial charge >= 0.3 is 5.97 Å². The van der Waals surface area contributed by atoms with Gasteiger partial charge < -0.3 is 15.5 Å². The van der Waals surface area contributed by atoms with E-state index in [0.717, 1.165) is 5.56 Å². The lowest BCUT2D eigenvalue weighted by Crippen LogP contribution is -2.15. The van der Waals surface area contributed by atoms with Gasteiger partial charge in [-0.3, -0.25) is 0 Å². The zero-order valence-corrected chi connectivity index (χ0v) is 11.2. The van der Waals surface area contributed by atoms with Gasteiger partial charge in [0.15, 0.2) is 0 Å². The Labute approximate surface area is 120 Å². The van der Waals surface area contributed by atoms with E-state index in [2.05, 4.69) is 10.3 Å². The molecule has 2 aromatic rings. The van der Waals surface area contributed by atoms with Crippen molar-refractivity contribution >= 4 is 23.4 Å². The highest BCUT2D eigenvalue weighted by Crippen LogP contribution is 2.18. The Bertz CT molecular complexity index is 605. The van der Waals surface area contributed by atoms with Crippen LogP contribution in [-0.4, -0.2) is 27.7 Å². The number of hydrogen-bond donors (Lipinski definition) is 3. The third-order valence-corrected chi connectivity index (χ3v) is 2.95. The number of carboxylic acids is 1. The number of rotatable bonds is 5. The van der Waals surface area contributed by atoms with E-state index in [0.29, 0.717) is 0 Å². The van der Waals surface area contributed by atoms with Crippen LogP contribution in [0.15, 0.2) is 42.5 Å². The molecule has 1 heterocycles. The summed E-state index contributed by atoms with van der Waals surface area (Å²) in [5.41, 5.74) is 0.744. The van der Waals surface area contributed by atoms with Crippen molar-refractivity contribution in [2.24, 2.45) is 0 Å². The molecule has 0 saturated carbocycles. The molecule has 6 heteroatoms. The van der Waals surface area contributed by atoms with E-state index in [4.69, 9.17) is 16.7 Å². The van der Waals surface area contributed by atoms with Gasteiger partial charge in [0.1, 0.15) is 16.5 Å². The predicted octanol–water partition coefficient (Wildman–Crippen LogP) is 2.58. The van der Waals surface area contributed by atoms with Crippen molar-refractivity contribution in [3.63, 3.8) is 0 Å². The largest absolute Gasteiger partial charge is 0.478 e. The molecule has 0 aliphatic heterocycles. The molecular weight excluding hydrogens is 280 g/mol. The van der Waals surface area contributed by atoms with Crippen LogP contribution < -0.4 is 5.32 Å². The summed E-state index contributed by atoms with van der Waals surface area (Å²) in [5.74, 6) is -0.967. The quantitative estimate of drug-likeness (QED) is 0.738. The number of hydrogen-bond acceptors (Lipinski definition) is 4. The maximum Gasteiger partial charge on any atom is 0.339 e. The number of pyridine rings is 1. The Morgan fingerprint density at radius 2 is 1.95 bits per heavy atom. The molecule has 0 radical (unpaired) electrons. The number of anilines is 1. The van der Waals surface area contributed by atoms with E-state index in [9.17, 15) is 9.90 Å². The van der Waals surface area contributed by atoms with Crippen molar-refractivity contribution in [1.29, 1.82) is 0 Å². The molecule has 0 aliphatic carbocycles. The van der Waals surface area contributed by atoms with Crippen molar-refractivity contribution in [2.75, 3.05) is 11.9 Å². The van der Waals surface area contributed by atoms with E-state index >= 15 is 0 Å². The summed E-state index contributed by atoms with van der Waals surface area (Å²) in [6.45, 7) is 0.137. The molecule has 1 unspecified atom stereocenters. The minimum Gasteiger partial charge on any atom is -0.478 e. The first kappa shape index (κ1) is 14.3. The molecule has 0 saturated heterocycles. The lowest BCUT2D eigenvalue weighted by Gasteiger charge is -2.14. The molecule has 2 rings (SSSR count). The Hall–Kier alpha value is -2.11. The summed E-state index contributed by atoms with van der Waals surface area (Å²) in [6.07, 6.45) is -0.765. The second kappa shape index (κ2) is 6.36. The minimum atomic E-state index is -1.11. The lowest BCUT2D eigenvalue weighted by atomic mass is 10.1. The number of carboxylic acid groups (broad SMARTS) is 1. The second-order valence-electron chi connectivity index (χ2n) is 4.14. The first-order chi connectivity index (χ1) is 9.58. The number of nitrogens with one attached hydrogen (secondary N) is 1. The van der Waals surface area contributed by atoms with Gasteiger partial charge in [0.05, 0.1) is 6.10 Å². The van der Waals surface area contributed by atoms with Crippen molar-refractivity contribution in [3.05, 3.63) is 58.7 Å². The van der Waals surface area contributed by atoms with Gasteiger partial charge in [0.25, 0.3) is 0 Å². The number of aliphatic hydroxyl groups excluding tert-OH is 1. The molecular formula is C14H13ClN2O3. The van der Waals surface area contributed by atoms with Crippen molar-refractivity contribution in [2.45, 2.75) is 6.10 Å². The van der Waals surface area contributed by atoms with Gasteiger partial charge in [0, 0.05) is 6.54 Å². The molecule has 3 N–H and O–H groups in total. The molecule has 0 bridgehead atoms. The SMILES string of the molecule is O=C(O)c1ccc(Cl)nc1NCC(O)c1ccccc1. The van der Waals surface area contributed by atoms with Crippen LogP contribution in [0.5, 0.6) is 0 Å². The number of aromatic carboxylic acids is 1. The molecule has 20 heavy (non-hydrogen) atoms. The molecule has 104 valence electrons. The fourth-order valence-electron chi connectivity index (χ4n) is 1.73. The smallest absolute Gasteiger partial charge is 0.339 e. The molecule has 0 fully saturated rings. The Morgan fingerprint density at radius 3 is 2.60 bits per heavy atom. The highest BCUT2D eigenvalue weighted by atomic mass is 35.5. The fraction of sp³-hybridized carbons (Fsp3) is 0.143.